The Kier molecular flexibility index (Phi) is 26.4. The van der Waals surface area contributed by atoms with Crippen molar-refractivity contribution in [2.45, 2.75) is 200 Å². The Bertz CT molecular complexity index is 585. The molecule has 1 N–H and O–H groups in total. The summed E-state index contributed by atoms with van der Waals surface area (Å²) in [5.74, 6) is 0.138. The Labute approximate surface area is 250 Å². The smallest absolute Gasteiger partial charge is 0.409 e. The quantitative estimate of drug-likeness (QED) is 0.0587. The number of nitrogens with one attached hydrogen (secondary N) is 1. The number of unbranched alkanes of at least 4 members (excludes halogenated alkanes) is 23. The fourth-order valence-corrected chi connectivity index (χ4v) is 5.73. The molecule has 1 aliphatic rings. The topological polar surface area (TPSA) is 47.6 Å². The van der Waals surface area contributed by atoms with E-state index in [1.807, 2.05) is 6.82 Å². The van der Waals surface area contributed by atoms with Gasteiger partial charge in [0.05, 0.1) is 18.8 Å². The average molecular weight is 562 g/mol. The number of amides is 1. The third-order valence-corrected chi connectivity index (χ3v) is 8.41. The van der Waals surface area contributed by atoms with Gasteiger partial charge in [-0.15, -0.1) is 0 Å². The van der Waals surface area contributed by atoms with Crippen molar-refractivity contribution in [3.8, 4) is 0 Å². The van der Waals surface area contributed by atoms with E-state index in [1.54, 1.807) is 0 Å². The van der Waals surface area contributed by atoms with E-state index < -0.39 is 0 Å². The molecule has 0 aromatic heterocycles. The van der Waals surface area contributed by atoms with Crippen molar-refractivity contribution in [1.82, 2.24) is 5.32 Å². The standard InChI is InChI=1S/C35H68BNO3/c1-4-6-8-10-12-14-16-18-20-22-24-26-28-30-34-33(32-39-36(3)40-34)37-35(38)31-29-27-25-23-21-19-17-15-13-11-9-7-5-2/h28,30,33-34H,4-27,29,31-32H2,1-3H3,(H,37,38)/b30-28+/t33-,34?/m0/s1. The maximum atomic E-state index is 12.6. The monoisotopic (exact) mass is 562 g/mol. The predicted molar refractivity (Wildman–Crippen MR) is 175 cm³/mol. The molecule has 1 amide bonds. The van der Waals surface area contributed by atoms with Gasteiger partial charge in [-0.2, -0.15) is 0 Å². The van der Waals surface area contributed by atoms with Crippen LogP contribution >= 0.6 is 0 Å². The zero-order valence-electron chi connectivity index (χ0n) is 27.2. The average Bonchev–Trinajstić information content (AvgIpc) is 2.95. The molecule has 1 aliphatic heterocycles. The number of hydrogen-bond acceptors (Lipinski definition) is 3. The molecule has 0 spiro atoms. The maximum absolute atomic E-state index is 12.6. The molecule has 1 rings (SSSR count). The molecular formula is C35H68BNO3. The lowest BCUT2D eigenvalue weighted by Crippen LogP contribution is -2.53. The van der Waals surface area contributed by atoms with Crippen molar-refractivity contribution in [3.05, 3.63) is 12.2 Å². The molecule has 0 radical (unpaired) electrons. The van der Waals surface area contributed by atoms with E-state index in [-0.39, 0.29) is 25.2 Å². The minimum Gasteiger partial charge on any atom is -0.409 e. The van der Waals surface area contributed by atoms with Gasteiger partial charge in [-0.1, -0.05) is 167 Å². The van der Waals surface area contributed by atoms with Gasteiger partial charge < -0.3 is 14.6 Å². The summed E-state index contributed by atoms with van der Waals surface area (Å²) in [4.78, 5) is 12.6. The number of allylic oxidation sites excluding steroid dienone is 1. The van der Waals surface area contributed by atoms with Gasteiger partial charge in [-0.05, 0) is 26.1 Å². The molecule has 0 aliphatic carbocycles. The first-order valence-electron chi connectivity index (χ1n) is 17.9. The molecule has 0 saturated carbocycles. The van der Waals surface area contributed by atoms with Crippen LogP contribution in [-0.4, -0.2) is 31.8 Å². The Hall–Kier alpha value is -0.805. The van der Waals surface area contributed by atoms with Gasteiger partial charge >= 0.3 is 7.12 Å². The zero-order valence-corrected chi connectivity index (χ0v) is 27.2. The molecule has 1 fully saturated rings. The van der Waals surface area contributed by atoms with Crippen molar-refractivity contribution in [1.29, 1.82) is 0 Å². The Morgan fingerprint density at radius 1 is 0.675 bits per heavy atom. The summed E-state index contributed by atoms with van der Waals surface area (Å²) in [5, 5.41) is 3.19. The van der Waals surface area contributed by atoms with Crippen LogP contribution in [0.25, 0.3) is 0 Å². The molecule has 234 valence electrons. The first-order chi connectivity index (χ1) is 19.7. The minimum absolute atomic E-state index is 0.0840. The predicted octanol–water partition coefficient (Wildman–Crippen LogP) is 10.7. The van der Waals surface area contributed by atoms with E-state index in [9.17, 15) is 4.79 Å². The second kappa shape index (κ2) is 28.3. The number of carbonyl (C=O) groups is 1. The Balaban J connectivity index is 2.05. The summed E-state index contributed by atoms with van der Waals surface area (Å²) >= 11 is 0. The van der Waals surface area contributed by atoms with Crippen molar-refractivity contribution < 1.29 is 14.1 Å². The fourth-order valence-electron chi connectivity index (χ4n) is 5.73. The molecule has 4 nitrogen and oxygen atoms in total. The largest absolute Gasteiger partial charge is 0.454 e. The van der Waals surface area contributed by atoms with E-state index in [2.05, 4.69) is 31.3 Å². The van der Waals surface area contributed by atoms with Crippen LogP contribution in [0, 0.1) is 0 Å². The molecule has 0 bridgehead atoms. The molecule has 5 heteroatoms. The lowest BCUT2D eigenvalue weighted by atomic mass is 9.90. The van der Waals surface area contributed by atoms with E-state index in [0.29, 0.717) is 13.0 Å². The van der Waals surface area contributed by atoms with Gasteiger partial charge in [0.1, 0.15) is 0 Å². The summed E-state index contributed by atoms with van der Waals surface area (Å²) in [6.07, 6.45) is 38.3. The third-order valence-electron chi connectivity index (χ3n) is 8.41. The van der Waals surface area contributed by atoms with E-state index in [1.165, 1.54) is 141 Å². The zero-order chi connectivity index (χ0) is 28.9. The van der Waals surface area contributed by atoms with Crippen molar-refractivity contribution >= 4 is 13.0 Å². The van der Waals surface area contributed by atoms with Gasteiger partial charge in [0.15, 0.2) is 0 Å². The summed E-state index contributed by atoms with van der Waals surface area (Å²) in [6.45, 7) is 7.03. The van der Waals surface area contributed by atoms with Crippen LogP contribution in [0.15, 0.2) is 12.2 Å². The van der Waals surface area contributed by atoms with Crippen LogP contribution < -0.4 is 5.32 Å². The first-order valence-corrected chi connectivity index (χ1v) is 17.9. The summed E-state index contributed by atoms with van der Waals surface area (Å²) in [5.41, 5.74) is 0. The van der Waals surface area contributed by atoms with Crippen LogP contribution in [0.2, 0.25) is 6.82 Å². The molecule has 2 atom stereocenters. The SMILES string of the molecule is CCCCCCCCCCCCC/C=C/C1OB(C)OC[C@@H]1NC(=O)CCCCCCCCCCCCCCC. The third kappa shape index (κ3) is 22.8. The number of rotatable bonds is 28. The molecule has 0 aromatic carbocycles. The van der Waals surface area contributed by atoms with Gasteiger partial charge in [-0.3, -0.25) is 4.79 Å². The molecule has 40 heavy (non-hydrogen) atoms. The normalized spacial score (nSPS) is 17.6. The molecule has 1 unspecified atom stereocenters. The summed E-state index contributed by atoms with van der Waals surface area (Å²) in [7, 11) is -0.217. The summed E-state index contributed by atoms with van der Waals surface area (Å²) < 4.78 is 11.7. The lowest BCUT2D eigenvalue weighted by Gasteiger charge is -2.33. The van der Waals surface area contributed by atoms with Gasteiger partial charge in [0.2, 0.25) is 5.91 Å². The Morgan fingerprint density at radius 3 is 1.57 bits per heavy atom. The number of carbonyl (C=O) groups excluding carboxylic acids is 1. The van der Waals surface area contributed by atoms with Gasteiger partial charge in [0.25, 0.3) is 0 Å². The highest BCUT2D eigenvalue weighted by Gasteiger charge is 2.31. The highest BCUT2D eigenvalue weighted by molar-refractivity contribution is 6.42. The number of hydrogen-bond donors (Lipinski definition) is 1. The highest BCUT2D eigenvalue weighted by Crippen LogP contribution is 2.16. The first kappa shape index (κ1) is 37.2. The second-order valence-electron chi connectivity index (χ2n) is 12.4. The van der Waals surface area contributed by atoms with E-state index in [0.717, 1.165) is 19.3 Å². The summed E-state index contributed by atoms with van der Waals surface area (Å²) in [6, 6.07) is -0.0840. The van der Waals surface area contributed by atoms with E-state index in [4.69, 9.17) is 9.31 Å². The van der Waals surface area contributed by atoms with Crippen LogP contribution in [0.4, 0.5) is 0 Å². The molecular weight excluding hydrogens is 493 g/mol. The van der Waals surface area contributed by atoms with Crippen LogP contribution in [0.1, 0.15) is 181 Å². The highest BCUT2D eigenvalue weighted by atomic mass is 16.6. The van der Waals surface area contributed by atoms with Crippen LogP contribution in [0.3, 0.4) is 0 Å². The fraction of sp³-hybridized carbons (Fsp3) is 0.914. The minimum atomic E-state index is -0.217. The van der Waals surface area contributed by atoms with E-state index >= 15 is 0 Å². The van der Waals surface area contributed by atoms with Crippen molar-refractivity contribution in [2.24, 2.45) is 0 Å². The van der Waals surface area contributed by atoms with Gasteiger partial charge in [0, 0.05) is 6.42 Å². The van der Waals surface area contributed by atoms with Crippen molar-refractivity contribution in [2.75, 3.05) is 6.61 Å². The van der Waals surface area contributed by atoms with Crippen molar-refractivity contribution in [3.63, 3.8) is 0 Å². The van der Waals surface area contributed by atoms with Gasteiger partial charge in [-0.25, -0.2) is 0 Å². The molecule has 0 aromatic rings. The maximum Gasteiger partial charge on any atom is 0.454 e. The lowest BCUT2D eigenvalue weighted by molar-refractivity contribution is -0.123. The molecule has 1 heterocycles. The van der Waals surface area contributed by atoms with Crippen LogP contribution in [-0.2, 0) is 14.1 Å². The molecule has 1 saturated heterocycles. The second-order valence-corrected chi connectivity index (χ2v) is 12.4. The Morgan fingerprint density at radius 2 is 1.10 bits per heavy atom. The van der Waals surface area contributed by atoms with Crippen LogP contribution in [0.5, 0.6) is 0 Å².